The molecule has 1 rings (SSSR count). The summed E-state index contributed by atoms with van der Waals surface area (Å²) in [4.78, 5) is 5.13. The lowest BCUT2D eigenvalue weighted by Crippen LogP contribution is -2.45. The van der Waals surface area contributed by atoms with Crippen LogP contribution in [-0.2, 0) is 0 Å². The second-order valence-corrected chi connectivity index (χ2v) is 6.52. The smallest absolute Gasteiger partial charge is 0.0238 e. The molecule has 102 valence electrons. The predicted molar refractivity (Wildman–Crippen MR) is 75.2 cm³/mol. The van der Waals surface area contributed by atoms with E-state index in [0.29, 0.717) is 0 Å². The summed E-state index contributed by atoms with van der Waals surface area (Å²) in [5.41, 5.74) is 6.10. The van der Waals surface area contributed by atoms with E-state index in [1.807, 2.05) is 0 Å². The van der Waals surface area contributed by atoms with Gasteiger partial charge in [-0.15, -0.1) is 0 Å². The zero-order chi connectivity index (χ0) is 13.1. The van der Waals surface area contributed by atoms with Crippen LogP contribution in [0.15, 0.2) is 0 Å². The van der Waals surface area contributed by atoms with Crippen molar-refractivity contribution in [2.24, 2.45) is 11.1 Å². The first-order valence-corrected chi connectivity index (χ1v) is 7.04. The third-order valence-corrected chi connectivity index (χ3v) is 4.08. The van der Waals surface area contributed by atoms with Crippen molar-refractivity contribution in [1.82, 2.24) is 9.80 Å². The van der Waals surface area contributed by atoms with E-state index in [-0.39, 0.29) is 5.41 Å². The predicted octanol–water partition coefficient (Wildman–Crippen LogP) is 1.78. The van der Waals surface area contributed by atoms with Crippen LogP contribution in [-0.4, -0.2) is 55.1 Å². The van der Waals surface area contributed by atoms with Gasteiger partial charge in [-0.3, -0.25) is 4.90 Å². The van der Waals surface area contributed by atoms with Gasteiger partial charge in [0.1, 0.15) is 0 Å². The number of hydrogen-bond acceptors (Lipinski definition) is 3. The van der Waals surface area contributed by atoms with Gasteiger partial charge in [0.2, 0.25) is 0 Å². The quantitative estimate of drug-likeness (QED) is 0.769. The normalized spacial score (nSPS) is 27.0. The average molecular weight is 241 g/mol. The van der Waals surface area contributed by atoms with Gasteiger partial charge in [0, 0.05) is 25.2 Å². The molecule has 0 amide bonds. The summed E-state index contributed by atoms with van der Waals surface area (Å²) in [5, 5.41) is 0. The Labute approximate surface area is 107 Å². The summed E-state index contributed by atoms with van der Waals surface area (Å²) in [6.45, 7) is 13.5. The lowest BCUT2D eigenvalue weighted by Gasteiger charge is -2.35. The van der Waals surface area contributed by atoms with E-state index < -0.39 is 0 Å². The first kappa shape index (κ1) is 14.9. The third kappa shape index (κ3) is 4.23. The van der Waals surface area contributed by atoms with Crippen LogP contribution in [0.3, 0.4) is 0 Å². The van der Waals surface area contributed by atoms with Gasteiger partial charge < -0.3 is 10.6 Å². The summed E-state index contributed by atoms with van der Waals surface area (Å²) >= 11 is 0. The van der Waals surface area contributed by atoms with Crippen LogP contribution >= 0.6 is 0 Å². The molecule has 2 unspecified atom stereocenters. The van der Waals surface area contributed by atoms with Gasteiger partial charge in [-0.2, -0.15) is 0 Å². The van der Waals surface area contributed by atoms with Crippen LogP contribution in [0.5, 0.6) is 0 Å². The average Bonchev–Trinajstić information content (AvgIpc) is 2.58. The summed E-state index contributed by atoms with van der Waals surface area (Å²) in [6, 6.07) is 1.45. The maximum atomic E-state index is 5.87. The summed E-state index contributed by atoms with van der Waals surface area (Å²) in [6.07, 6.45) is 2.53. The maximum absolute atomic E-state index is 5.87. The zero-order valence-corrected chi connectivity index (χ0v) is 12.4. The minimum absolute atomic E-state index is 0.236. The van der Waals surface area contributed by atoms with Crippen molar-refractivity contribution in [2.75, 3.05) is 33.2 Å². The van der Waals surface area contributed by atoms with Crippen molar-refractivity contribution in [1.29, 1.82) is 0 Å². The number of nitrogens with two attached hydrogens (primary N) is 1. The van der Waals surface area contributed by atoms with Crippen LogP contribution < -0.4 is 5.73 Å². The molecule has 0 aromatic carbocycles. The van der Waals surface area contributed by atoms with Crippen molar-refractivity contribution < 1.29 is 0 Å². The van der Waals surface area contributed by atoms with Crippen molar-refractivity contribution in [3.8, 4) is 0 Å². The molecule has 1 aliphatic heterocycles. The summed E-state index contributed by atoms with van der Waals surface area (Å²) in [7, 11) is 2.24. The molecule has 1 saturated heterocycles. The van der Waals surface area contributed by atoms with Gasteiger partial charge in [-0.1, -0.05) is 20.8 Å². The fourth-order valence-corrected chi connectivity index (χ4v) is 2.72. The number of rotatable bonds is 6. The van der Waals surface area contributed by atoms with E-state index in [2.05, 4.69) is 44.5 Å². The molecule has 1 heterocycles. The lowest BCUT2D eigenvalue weighted by atomic mass is 9.92. The monoisotopic (exact) mass is 241 g/mol. The molecule has 0 bridgehead atoms. The fourth-order valence-electron chi connectivity index (χ4n) is 2.72. The molecule has 17 heavy (non-hydrogen) atoms. The number of nitrogens with zero attached hydrogens (tertiary/aromatic N) is 2. The van der Waals surface area contributed by atoms with Crippen LogP contribution in [0.4, 0.5) is 0 Å². The lowest BCUT2D eigenvalue weighted by molar-refractivity contribution is 0.134. The van der Waals surface area contributed by atoms with Crippen molar-refractivity contribution >= 4 is 0 Å². The molecule has 3 heteroatoms. The van der Waals surface area contributed by atoms with E-state index in [0.717, 1.165) is 25.2 Å². The van der Waals surface area contributed by atoms with Gasteiger partial charge in [0.05, 0.1) is 0 Å². The van der Waals surface area contributed by atoms with Gasteiger partial charge in [0.15, 0.2) is 0 Å². The first-order valence-electron chi connectivity index (χ1n) is 7.04. The highest BCUT2D eigenvalue weighted by Crippen LogP contribution is 2.24. The Morgan fingerprint density at radius 1 is 1.41 bits per heavy atom. The topological polar surface area (TPSA) is 32.5 Å². The Balaban J connectivity index is 2.60. The minimum Gasteiger partial charge on any atom is -0.330 e. The van der Waals surface area contributed by atoms with Crippen molar-refractivity contribution in [2.45, 2.75) is 52.6 Å². The van der Waals surface area contributed by atoms with Crippen LogP contribution in [0, 0.1) is 5.41 Å². The van der Waals surface area contributed by atoms with E-state index in [9.17, 15) is 0 Å². The number of hydrogen-bond donors (Lipinski definition) is 1. The molecule has 2 atom stereocenters. The van der Waals surface area contributed by atoms with Crippen LogP contribution in [0.2, 0.25) is 0 Å². The molecule has 3 nitrogen and oxygen atoms in total. The molecule has 0 radical (unpaired) electrons. The van der Waals surface area contributed by atoms with E-state index in [1.54, 1.807) is 0 Å². The minimum atomic E-state index is 0.236. The molecule has 1 aliphatic rings. The molecule has 2 N–H and O–H groups in total. The summed E-state index contributed by atoms with van der Waals surface area (Å²) < 4.78 is 0. The molecule has 0 aromatic heterocycles. The molecule has 0 aromatic rings. The highest BCUT2D eigenvalue weighted by Gasteiger charge is 2.32. The summed E-state index contributed by atoms with van der Waals surface area (Å²) in [5.74, 6) is 0. The molecule has 0 spiro atoms. The van der Waals surface area contributed by atoms with Gasteiger partial charge in [-0.25, -0.2) is 0 Å². The second kappa shape index (κ2) is 6.17. The molecular formula is C14H31N3. The van der Waals surface area contributed by atoms with Gasteiger partial charge in [-0.05, 0) is 45.3 Å². The maximum Gasteiger partial charge on any atom is 0.0238 e. The Hall–Kier alpha value is -0.120. The van der Waals surface area contributed by atoms with Crippen LogP contribution in [0.25, 0.3) is 0 Å². The fraction of sp³-hybridized carbons (Fsp3) is 1.00. The molecular weight excluding hydrogens is 210 g/mol. The molecule has 1 fully saturated rings. The van der Waals surface area contributed by atoms with Gasteiger partial charge >= 0.3 is 0 Å². The van der Waals surface area contributed by atoms with Crippen LogP contribution in [0.1, 0.15) is 40.5 Å². The third-order valence-electron chi connectivity index (χ3n) is 4.08. The Bertz CT molecular complexity index is 218. The van der Waals surface area contributed by atoms with E-state index >= 15 is 0 Å². The van der Waals surface area contributed by atoms with Gasteiger partial charge in [0.25, 0.3) is 0 Å². The zero-order valence-electron chi connectivity index (χ0n) is 12.4. The molecule has 0 saturated carbocycles. The van der Waals surface area contributed by atoms with E-state index in [1.165, 1.54) is 25.9 Å². The second-order valence-electron chi connectivity index (χ2n) is 6.52. The highest BCUT2D eigenvalue weighted by molar-refractivity contribution is 4.89. The van der Waals surface area contributed by atoms with E-state index in [4.69, 9.17) is 5.73 Å². The highest BCUT2D eigenvalue weighted by atomic mass is 15.3. The number of likely N-dealkylation sites (tertiary alicyclic amines) is 1. The largest absolute Gasteiger partial charge is 0.330 e. The first-order chi connectivity index (χ1) is 7.89. The van der Waals surface area contributed by atoms with Crippen molar-refractivity contribution in [3.63, 3.8) is 0 Å². The molecule has 0 aliphatic carbocycles. The Morgan fingerprint density at radius 3 is 2.47 bits per heavy atom. The number of likely N-dealkylation sites (N-methyl/N-ethyl adjacent to an activating group) is 1. The SMILES string of the molecule is CCCN(CC(C)(C)CN)C1CC(C)N(C)C1. The standard InChI is InChI=1S/C14H31N3/c1-6-7-17(11-14(3,4)10-15)13-8-12(2)16(5)9-13/h12-13H,6-11,15H2,1-5H3. The Kier molecular flexibility index (Phi) is 5.42. The Morgan fingerprint density at radius 2 is 2.06 bits per heavy atom. The van der Waals surface area contributed by atoms with Crippen molar-refractivity contribution in [3.05, 3.63) is 0 Å².